The van der Waals surface area contributed by atoms with Crippen molar-refractivity contribution in [2.45, 2.75) is 32.7 Å². The lowest BCUT2D eigenvalue weighted by molar-refractivity contribution is 0.200. The molecule has 0 aliphatic heterocycles. The minimum Gasteiger partial charge on any atom is -0.384 e. The maximum absolute atomic E-state index is 9.00. The van der Waals surface area contributed by atoms with Crippen LogP contribution in [0.25, 0.3) is 0 Å². The van der Waals surface area contributed by atoms with Crippen molar-refractivity contribution in [3.8, 4) is 6.07 Å². The molecule has 0 aromatic carbocycles. The maximum atomic E-state index is 9.00. The summed E-state index contributed by atoms with van der Waals surface area (Å²) in [7, 11) is 1.70. The molecule has 1 aromatic heterocycles. The van der Waals surface area contributed by atoms with E-state index >= 15 is 0 Å². The normalized spacial score (nSPS) is 12.4. The Kier molecular flexibility index (Phi) is 4.38. The second-order valence-corrected chi connectivity index (χ2v) is 3.69. The molecule has 1 atom stereocenters. The Morgan fingerprint density at radius 1 is 1.53 bits per heavy atom. The quantitative estimate of drug-likeness (QED) is 0.742. The second kappa shape index (κ2) is 5.57. The molecule has 1 rings (SSSR count). The van der Waals surface area contributed by atoms with Crippen LogP contribution in [0, 0.1) is 11.3 Å². The van der Waals surface area contributed by atoms with E-state index in [2.05, 4.69) is 24.5 Å². The van der Waals surface area contributed by atoms with Gasteiger partial charge in [0.05, 0.1) is 6.61 Å². The molecule has 3 nitrogen and oxygen atoms in total. The van der Waals surface area contributed by atoms with E-state index in [9.17, 15) is 0 Å². The third-order valence-electron chi connectivity index (χ3n) is 2.71. The van der Waals surface area contributed by atoms with Gasteiger partial charge in [0, 0.05) is 25.3 Å². The van der Waals surface area contributed by atoms with Crippen LogP contribution in [0.1, 0.15) is 37.7 Å². The van der Waals surface area contributed by atoms with Crippen molar-refractivity contribution in [2.75, 3.05) is 13.7 Å². The molecular formula is C12H18N2O. The highest BCUT2D eigenvalue weighted by atomic mass is 16.5. The van der Waals surface area contributed by atoms with Crippen molar-refractivity contribution in [1.82, 2.24) is 4.57 Å². The van der Waals surface area contributed by atoms with Crippen LogP contribution in [-0.4, -0.2) is 18.3 Å². The maximum Gasteiger partial charge on any atom is 0.120 e. The second-order valence-electron chi connectivity index (χ2n) is 3.69. The van der Waals surface area contributed by atoms with Gasteiger partial charge >= 0.3 is 0 Å². The molecule has 1 heterocycles. The molecule has 15 heavy (non-hydrogen) atoms. The van der Waals surface area contributed by atoms with Crippen molar-refractivity contribution in [1.29, 1.82) is 5.26 Å². The van der Waals surface area contributed by atoms with E-state index in [1.54, 1.807) is 7.11 Å². The fourth-order valence-electron chi connectivity index (χ4n) is 1.70. The Morgan fingerprint density at radius 2 is 2.27 bits per heavy atom. The molecule has 0 bridgehead atoms. The molecule has 0 aliphatic carbocycles. The molecule has 0 unspecified atom stereocenters. The molecule has 0 saturated heterocycles. The van der Waals surface area contributed by atoms with Crippen LogP contribution in [0.2, 0.25) is 0 Å². The van der Waals surface area contributed by atoms with Crippen LogP contribution in [-0.2, 0) is 11.2 Å². The smallest absolute Gasteiger partial charge is 0.120 e. The topological polar surface area (TPSA) is 38.0 Å². The average Bonchev–Trinajstić information content (AvgIpc) is 2.68. The third-order valence-corrected chi connectivity index (χ3v) is 2.71. The summed E-state index contributed by atoms with van der Waals surface area (Å²) in [6.07, 6.45) is 1.89. The minimum atomic E-state index is 0.376. The van der Waals surface area contributed by atoms with Gasteiger partial charge in [-0.1, -0.05) is 6.92 Å². The van der Waals surface area contributed by atoms with Gasteiger partial charge in [0.2, 0.25) is 0 Å². The first-order valence-electron chi connectivity index (χ1n) is 5.33. The van der Waals surface area contributed by atoms with E-state index in [1.807, 2.05) is 12.1 Å². The number of hydrogen-bond acceptors (Lipinski definition) is 2. The molecule has 1 aromatic rings. The molecule has 0 spiro atoms. The Bertz CT molecular complexity index is 349. The van der Waals surface area contributed by atoms with Gasteiger partial charge in [-0.05, 0) is 25.5 Å². The van der Waals surface area contributed by atoms with E-state index in [-0.39, 0.29) is 0 Å². The van der Waals surface area contributed by atoms with Crippen molar-refractivity contribution in [3.63, 3.8) is 0 Å². The highest BCUT2D eigenvalue weighted by molar-refractivity contribution is 5.28. The van der Waals surface area contributed by atoms with E-state index < -0.39 is 0 Å². The van der Waals surface area contributed by atoms with E-state index in [0.717, 1.165) is 18.5 Å². The fraction of sp³-hybridized carbons (Fsp3) is 0.583. The van der Waals surface area contributed by atoms with Crippen LogP contribution in [0.5, 0.6) is 0 Å². The summed E-state index contributed by atoms with van der Waals surface area (Å²) < 4.78 is 7.17. The van der Waals surface area contributed by atoms with Gasteiger partial charge in [-0.25, -0.2) is 0 Å². The Hall–Kier alpha value is -1.27. The number of methoxy groups -OCH3 is 1. The first-order valence-corrected chi connectivity index (χ1v) is 5.33. The van der Waals surface area contributed by atoms with Gasteiger partial charge in [-0.2, -0.15) is 5.26 Å². The van der Waals surface area contributed by atoms with Gasteiger partial charge in [0.15, 0.2) is 0 Å². The Labute approximate surface area is 91.3 Å². The first-order chi connectivity index (χ1) is 7.24. The summed E-state index contributed by atoms with van der Waals surface area (Å²) in [6.45, 7) is 4.97. The van der Waals surface area contributed by atoms with Crippen molar-refractivity contribution in [3.05, 3.63) is 23.5 Å². The van der Waals surface area contributed by atoms with E-state index in [1.165, 1.54) is 5.69 Å². The van der Waals surface area contributed by atoms with Gasteiger partial charge < -0.3 is 9.30 Å². The minimum absolute atomic E-state index is 0.376. The highest BCUT2D eigenvalue weighted by Crippen LogP contribution is 2.19. The van der Waals surface area contributed by atoms with Crippen molar-refractivity contribution >= 4 is 0 Å². The van der Waals surface area contributed by atoms with Gasteiger partial charge in [0.1, 0.15) is 11.8 Å². The van der Waals surface area contributed by atoms with Crippen LogP contribution >= 0.6 is 0 Å². The van der Waals surface area contributed by atoms with E-state index in [0.29, 0.717) is 12.6 Å². The van der Waals surface area contributed by atoms with Crippen LogP contribution in [0.15, 0.2) is 12.1 Å². The van der Waals surface area contributed by atoms with Crippen LogP contribution in [0.3, 0.4) is 0 Å². The summed E-state index contributed by atoms with van der Waals surface area (Å²) in [5.74, 6) is 0. The summed E-state index contributed by atoms with van der Waals surface area (Å²) in [5.41, 5.74) is 1.93. The average molecular weight is 206 g/mol. The lowest BCUT2D eigenvalue weighted by atomic mass is 10.2. The zero-order chi connectivity index (χ0) is 11.3. The predicted octanol–water partition coefficient (Wildman–Crippen LogP) is 2.52. The lowest BCUT2D eigenvalue weighted by Crippen LogP contribution is -2.11. The molecule has 0 saturated carbocycles. The molecule has 0 aliphatic rings. The zero-order valence-corrected chi connectivity index (χ0v) is 9.66. The largest absolute Gasteiger partial charge is 0.384 e. The number of nitriles is 1. The fourth-order valence-corrected chi connectivity index (χ4v) is 1.70. The number of rotatable bonds is 5. The van der Waals surface area contributed by atoms with Gasteiger partial charge in [0.25, 0.3) is 0 Å². The summed E-state index contributed by atoms with van der Waals surface area (Å²) in [6, 6.07) is 6.51. The molecule has 3 heteroatoms. The number of aromatic nitrogens is 1. The zero-order valence-electron chi connectivity index (χ0n) is 9.66. The molecular weight excluding hydrogens is 188 g/mol. The number of hydrogen-bond donors (Lipinski definition) is 0. The van der Waals surface area contributed by atoms with E-state index in [4.69, 9.17) is 10.00 Å². The van der Waals surface area contributed by atoms with Crippen LogP contribution < -0.4 is 0 Å². The molecule has 0 fully saturated rings. The number of nitrogens with zero attached hydrogens (tertiary/aromatic N) is 2. The summed E-state index contributed by atoms with van der Waals surface area (Å²) in [5, 5.41) is 9.00. The standard InChI is InChI=1S/C12H18N2O/c1-4-10(2)14-11(7-8-15-3)5-6-12(14)9-13/h5-6,10H,4,7-8H2,1-3H3/t10-/m1/s1. The molecule has 82 valence electrons. The first kappa shape index (κ1) is 11.8. The van der Waals surface area contributed by atoms with Crippen molar-refractivity contribution in [2.24, 2.45) is 0 Å². The molecule has 0 N–H and O–H groups in total. The summed E-state index contributed by atoms with van der Waals surface area (Å²) >= 11 is 0. The lowest BCUT2D eigenvalue weighted by Gasteiger charge is -2.16. The number of ether oxygens (including phenoxy) is 1. The Balaban J connectivity index is 2.96. The monoisotopic (exact) mass is 206 g/mol. The summed E-state index contributed by atoms with van der Waals surface area (Å²) in [4.78, 5) is 0. The van der Waals surface area contributed by atoms with Gasteiger partial charge in [-0.15, -0.1) is 0 Å². The molecule has 0 radical (unpaired) electrons. The molecule has 0 amide bonds. The van der Waals surface area contributed by atoms with Crippen LogP contribution in [0.4, 0.5) is 0 Å². The highest BCUT2D eigenvalue weighted by Gasteiger charge is 2.11. The predicted molar refractivity (Wildman–Crippen MR) is 59.7 cm³/mol. The van der Waals surface area contributed by atoms with Crippen molar-refractivity contribution < 1.29 is 4.74 Å². The Morgan fingerprint density at radius 3 is 2.80 bits per heavy atom. The SMILES string of the molecule is CC[C@@H](C)n1c(C#N)ccc1CCOC. The van der Waals surface area contributed by atoms with Gasteiger partial charge in [-0.3, -0.25) is 0 Å². The third kappa shape index (κ3) is 2.60.